The van der Waals surface area contributed by atoms with Crippen molar-refractivity contribution in [2.45, 2.75) is 44.9 Å². The predicted molar refractivity (Wildman–Crippen MR) is 99.3 cm³/mol. The Morgan fingerprint density at radius 3 is 2.58 bits per heavy atom. The number of nitrogens with zero attached hydrogens (tertiary/aromatic N) is 2. The van der Waals surface area contributed by atoms with Gasteiger partial charge in [0.25, 0.3) is 0 Å². The minimum Gasteiger partial charge on any atom is -0.470 e. The molecule has 1 aliphatic heterocycles. The van der Waals surface area contributed by atoms with E-state index in [0.29, 0.717) is 29.8 Å². The summed E-state index contributed by atoms with van der Waals surface area (Å²) in [5, 5.41) is 0. The summed E-state index contributed by atoms with van der Waals surface area (Å²) < 4.78 is 5.72. The van der Waals surface area contributed by atoms with Gasteiger partial charge in [-0.1, -0.05) is 50.1 Å². The maximum Gasteiger partial charge on any atom is 0.242 e. The number of benzene rings is 1. The molecule has 1 heterocycles. The maximum absolute atomic E-state index is 5.93. The van der Waals surface area contributed by atoms with Crippen LogP contribution in [0.2, 0.25) is 0 Å². The first-order valence-corrected chi connectivity index (χ1v) is 8.65. The van der Waals surface area contributed by atoms with Gasteiger partial charge in [0.05, 0.1) is 5.71 Å². The van der Waals surface area contributed by atoms with E-state index in [0.717, 1.165) is 11.3 Å². The zero-order valence-corrected chi connectivity index (χ0v) is 14.3. The van der Waals surface area contributed by atoms with Gasteiger partial charge in [-0.05, 0) is 36.8 Å². The van der Waals surface area contributed by atoms with Crippen molar-refractivity contribution in [3.05, 3.63) is 59.6 Å². The van der Waals surface area contributed by atoms with Crippen LogP contribution in [0.25, 0.3) is 0 Å². The summed E-state index contributed by atoms with van der Waals surface area (Å²) in [4.78, 5) is 8.76. The van der Waals surface area contributed by atoms with E-state index < -0.39 is 0 Å². The SMILES string of the molecule is C=CN=C1OCC(c2ccc(C3CCCCC3)cc2)=N/C1=C(/C)N. The third-order valence-electron chi connectivity index (χ3n) is 4.70. The summed E-state index contributed by atoms with van der Waals surface area (Å²) >= 11 is 0. The molecule has 0 unspecified atom stereocenters. The second-order valence-electron chi connectivity index (χ2n) is 6.45. The Bertz CT molecular complexity index is 688. The van der Waals surface area contributed by atoms with Crippen molar-refractivity contribution >= 4 is 11.6 Å². The molecule has 0 spiro atoms. The summed E-state index contributed by atoms with van der Waals surface area (Å²) in [6, 6.07) is 8.76. The molecular weight excluding hydrogens is 298 g/mol. The minimum atomic E-state index is 0.395. The molecule has 4 heteroatoms. The molecule has 1 fully saturated rings. The number of nitrogens with two attached hydrogens (primary N) is 1. The van der Waals surface area contributed by atoms with Crippen LogP contribution in [0.4, 0.5) is 0 Å². The second-order valence-corrected chi connectivity index (χ2v) is 6.45. The Morgan fingerprint density at radius 2 is 1.96 bits per heavy atom. The predicted octanol–water partition coefficient (Wildman–Crippen LogP) is 4.29. The number of rotatable bonds is 3. The van der Waals surface area contributed by atoms with Crippen LogP contribution in [0.1, 0.15) is 56.1 Å². The van der Waals surface area contributed by atoms with Crippen molar-refractivity contribution < 1.29 is 4.74 Å². The van der Waals surface area contributed by atoms with Crippen LogP contribution in [-0.4, -0.2) is 18.2 Å². The van der Waals surface area contributed by atoms with Gasteiger partial charge in [-0.25, -0.2) is 9.98 Å². The average Bonchev–Trinajstić information content (AvgIpc) is 2.63. The molecule has 1 aromatic rings. The molecule has 2 N–H and O–H groups in total. The van der Waals surface area contributed by atoms with E-state index in [-0.39, 0.29) is 0 Å². The third-order valence-corrected chi connectivity index (χ3v) is 4.70. The first-order valence-electron chi connectivity index (χ1n) is 8.65. The lowest BCUT2D eigenvalue weighted by molar-refractivity contribution is 0.358. The first-order chi connectivity index (χ1) is 11.7. The number of hydrogen-bond donors (Lipinski definition) is 1. The molecular formula is C20H25N3O. The quantitative estimate of drug-likeness (QED) is 0.902. The van der Waals surface area contributed by atoms with Crippen LogP contribution in [0.15, 0.2) is 58.4 Å². The van der Waals surface area contributed by atoms with Crippen LogP contribution in [-0.2, 0) is 4.74 Å². The second kappa shape index (κ2) is 7.47. The van der Waals surface area contributed by atoms with Crippen molar-refractivity contribution in [3.8, 4) is 0 Å². The van der Waals surface area contributed by atoms with E-state index in [1.165, 1.54) is 43.9 Å². The molecule has 1 aromatic carbocycles. The monoisotopic (exact) mass is 323 g/mol. The van der Waals surface area contributed by atoms with Crippen molar-refractivity contribution in [2.75, 3.05) is 6.61 Å². The smallest absolute Gasteiger partial charge is 0.242 e. The van der Waals surface area contributed by atoms with Gasteiger partial charge in [-0.3, -0.25) is 0 Å². The van der Waals surface area contributed by atoms with Gasteiger partial charge in [0.15, 0.2) is 0 Å². The largest absolute Gasteiger partial charge is 0.470 e. The van der Waals surface area contributed by atoms with Gasteiger partial charge in [0.1, 0.15) is 12.3 Å². The lowest BCUT2D eigenvalue weighted by atomic mass is 9.84. The topological polar surface area (TPSA) is 60.0 Å². The Hall–Kier alpha value is -2.36. The van der Waals surface area contributed by atoms with Crippen molar-refractivity contribution in [1.29, 1.82) is 0 Å². The molecule has 0 amide bonds. The van der Waals surface area contributed by atoms with Crippen LogP contribution in [0.3, 0.4) is 0 Å². The van der Waals surface area contributed by atoms with Gasteiger partial charge in [-0.15, -0.1) is 0 Å². The fraction of sp³-hybridized carbons (Fsp3) is 0.400. The van der Waals surface area contributed by atoms with E-state index in [9.17, 15) is 0 Å². The summed E-state index contributed by atoms with van der Waals surface area (Å²) in [7, 11) is 0. The molecule has 126 valence electrons. The first kappa shape index (κ1) is 16.5. The van der Waals surface area contributed by atoms with Gasteiger partial charge in [0, 0.05) is 11.9 Å². The molecule has 4 nitrogen and oxygen atoms in total. The van der Waals surface area contributed by atoms with Crippen molar-refractivity contribution in [1.82, 2.24) is 0 Å². The fourth-order valence-corrected chi connectivity index (χ4v) is 3.39. The van der Waals surface area contributed by atoms with Gasteiger partial charge in [0.2, 0.25) is 5.90 Å². The van der Waals surface area contributed by atoms with Gasteiger partial charge in [-0.2, -0.15) is 0 Å². The van der Waals surface area contributed by atoms with E-state index >= 15 is 0 Å². The third kappa shape index (κ3) is 3.58. The molecule has 3 rings (SSSR count). The molecule has 1 aliphatic carbocycles. The van der Waals surface area contributed by atoms with Crippen molar-refractivity contribution in [3.63, 3.8) is 0 Å². The molecule has 1 saturated carbocycles. The lowest BCUT2D eigenvalue weighted by Gasteiger charge is -2.22. The number of hydrogen-bond acceptors (Lipinski definition) is 4. The van der Waals surface area contributed by atoms with E-state index in [2.05, 4.69) is 40.8 Å². The van der Waals surface area contributed by atoms with Crippen molar-refractivity contribution in [2.24, 2.45) is 15.7 Å². The normalized spacial score (nSPS) is 22.7. The lowest BCUT2D eigenvalue weighted by Crippen LogP contribution is -2.24. The minimum absolute atomic E-state index is 0.395. The van der Waals surface area contributed by atoms with Crippen LogP contribution >= 0.6 is 0 Å². The fourth-order valence-electron chi connectivity index (χ4n) is 3.39. The Balaban J connectivity index is 1.84. The Labute approximate surface area is 143 Å². The summed E-state index contributed by atoms with van der Waals surface area (Å²) in [5.41, 5.74) is 10.5. The highest BCUT2D eigenvalue weighted by atomic mass is 16.5. The number of allylic oxidation sites excluding steroid dienone is 1. The summed E-state index contributed by atoms with van der Waals surface area (Å²) in [6.07, 6.45) is 8.14. The van der Waals surface area contributed by atoms with E-state index in [1.807, 2.05) is 0 Å². The highest BCUT2D eigenvalue weighted by Gasteiger charge is 2.20. The average molecular weight is 323 g/mol. The molecule has 0 bridgehead atoms. The standard InChI is InChI=1S/C20H25N3O/c1-3-22-20-19(14(2)21)23-18(13-24-20)17-11-9-16(10-12-17)15-7-5-4-6-8-15/h3,9-12,15H,1,4-8,13,21H2,2H3/b19-14-,22-20?. The van der Waals surface area contributed by atoms with E-state index in [4.69, 9.17) is 10.5 Å². The zero-order valence-electron chi connectivity index (χ0n) is 14.3. The Kier molecular flexibility index (Phi) is 5.14. The summed E-state index contributed by atoms with van der Waals surface area (Å²) in [5.74, 6) is 1.15. The number of ether oxygens (including phenoxy) is 1. The van der Waals surface area contributed by atoms with Crippen LogP contribution < -0.4 is 5.73 Å². The molecule has 0 aromatic heterocycles. The summed E-state index contributed by atoms with van der Waals surface area (Å²) in [6.45, 7) is 5.80. The van der Waals surface area contributed by atoms with Crippen LogP contribution in [0, 0.1) is 0 Å². The molecule has 0 atom stereocenters. The number of aliphatic imine (C=N–C) groups is 2. The molecule has 24 heavy (non-hydrogen) atoms. The molecule has 0 saturated heterocycles. The highest BCUT2D eigenvalue weighted by Crippen LogP contribution is 2.32. The van der Waals surface area contributed by atoms with Gasteiger partial charge < -0.3 is 10.5 Å². The highest BCUT2D eigenvalue weighted by molar-refractivity contribution is 6.09. The maximum atomic E-state index is 5.93. The Morgan fingerprint density at radius 1 is 1.25 bits per heavy atom. The van der Waals surface area contributed by atoms with Gasteiger partial charge >= 0.3 is 0 Å². The van der Waals surface area contributed by atoms with Crippen LogP contribution in [0.5, 0.6) is 0 Å². The molecule has 2 aliphatic rings. The van der Waals surface area contributed by atoms with E-state index in [1.54, 1.807) is 6.92 Å². The zero-order chi connectivity index (χ0) is 16.9. The molecule has 0 radical (unpaired) electrons.